The summed E-state index contributed by atoms with van der Waals surface area (Å²) >= 11 is 1.51. The van der Waals surface area contributed by atoms with Crippen molar-refractivity contribution in [2.24, 2.45) is 4.99 Å². The molecule has 0 spiro atoms. The molecule has 0 aliphatic carbocycles. The van der Waals surface area contributed by atoms with E-state index in [0.29, 0.717) is 12.5 Å². The number of rotatable bonds is 7. The van der Waals surface area contributed by atoms with Gasteiger partial charge >= 0.3 is 0 Å². The first kappa shape index (κ1) is 22.6. The van der Waals surface area contributed by atoms with Crippen LogP contribution >= 0.6 is 11.8 Å². The Morgan fingerprint density at radius 2 is 2.03 bits per heavy atom. The SMILES string of the molecule is CC1CCCCN1CCCNC(=O)Cc1ccc(NC2=NC3CS(=O)(=O)CC3S2)cc1. The molecule has 4 rings (SSSR count). The van der Waals surface area contributed by atoms with Gasteiger partial charge in [-0.1, -0.05) is 30.3 Å². The summed E-state index contributed by atoms with van der Waals surface area (Å²) in [5.41, 5.74) is 1.87. The number of amides is 1. The molecular weight excluding hydrogens is 432 g/mol. The molecule has 0 bridgehead atoms. The molecule has 3 heterocycles. The monoisotopic (exact) mass is 464 g/mol. The van der Waals surface area contributed by atoms with E-state index in [2.05, 4.69) is 27.4 Å². The third-order valence-corrected chi connectivity index (χ3v) is 9.41. The van der Waals surface area contributed by atoms with Gasteiger partial charge in [0.2, 0.25) is 5.91 Å². The number of thioether (sulfide) groups is 1. The smallest absolute Gasteiger partial charge is 0.224 e. The zero-order valence-electron chi connectivity index (χ0n) is 18.0. The van der Waals surface area contributed by atoms with Crippen LogP contribution in [0.2, 0.25) is 0 Å². The number of nitrogens with zero attached hydrogens (tertiary/aromatic N) is 2. The van der Waals surface area contributed by atoms with Crippen molar-refractivity contribution in [3.8, 4) is 0 Å². The lowest BCUT2D eigenvalue weighted by Gasteiger charge is -2.33. The molecule has 2 saturated heterocycles. The van der Waals surface area contributed by atoms with Gasteiger partial charge in [-0.2, -0.15) is 0 Å². The number of sulfone groups is 1. The molecule has 0 aromatic heterocycles. The molecule has 3 unspecified atom stereocenters. The van der Waals surface area contributed by atoms with Crippen LogP contribution in [-0.2, 0) is 21.1 Å². The fourth-order valence-corrected chi connectivity index (χ4v) is 8.17. The fraction of sp³-hybridized carbons (Fsp3) is 0.636. The van der Waals surface area contributed by atoms with Crippen LogP contribution in [0.4, 0.5) is 5.69 Å². The summed E-state index contributed by atoms with van der Waals surface area (Å²) in [5, 5.41) is 7.11. The van der Waals surface area contributed by atoms with E-state index in [1.165, 1.54) is 37.6 Å². The van der Waals surface area contributed by atoms with E-state index in [9.17, 15) is 13.2 Å². The number of hydrogen-bond donors (Lipinski definition) is 2. The van der Waals surface area contributed by atoms with Crippen LogP contribution in [0, 0.1) is 0 Å². The fourth-order valence-electron chi connectivity index (χ4n) is 4.49. The van der Waals surface area contributed by atoms with E-state index < -0.39 is 9.84 Å². The Morgan fingerprint density at radius 1 is 1.23 bits per heavy atom. The summed E-state index contributed by atoms with van der Waals surface area (Å²) in [6.45, 7) is 5.25. The molecule has 3 aliphatic rings. The molecule has 7 nitrogen and oxygen atoms in total. The summed E-state index contributed by atoms with van der Waals surface area (Å²) in [7, 11) is -2.93. The number of carbonyl (C=O) groups is 1. The topological polar surface area (TPSA) is 90.9 Å². The van der Waals surface area contributed by atoms with Crippen LogP contribution in [-0.4, -0.2) is 72.9 Å². The second-order valence-electron chi connectivity index (χ2n) is 8.82. The molecule has 0 radical (unpaired) electrons. The van der Waals surface area contributed by atoms with Crippen LogP contribution in [0.15, 0.2) is 29.3 Å². The Bertz CT molecular complexity index is 917. The van der Waals surface area contributed by atoms with E-state index in [4.69, 9.17) is 0 Å². The Morgan fingerprint density at radius 3 is 2.77 bits per heavy atom. The van der Waals surface area contributed by atoms with Crippen molar-refractivity contribution in [2.45, 2.75) is 56.4 Å². The highest BCUT2D eigenvalue weighted by atomic mass is 32.2. The number of hydrogen-bond acceptors (Lipinski definition) is 7. The number of carbonyl (C=O) groups excluding carboxylic acids is 1. The van der Waals surface area contributed by atoms with Gasteiger partial charge in [-0.05, 0) is 50.4 Å². The minimum Gasteiger partial charge on any atom is -0.356 e. The Labute approximate surface area is 189 Å². The quantitative estimate of drug-likeness (QED) is 0.602. The van der Waals surface area contributed by atoms with Crippen molar-refractivity contribution in [3.05, 3.63) is 29.8 Å². The average molecular weight is 465 g/mol. The van der Waals surface area contributed by atoms with Crippen LogP contribution < -0.4 is 10.6 Å². The molecule has 2 N–H and O–H groups in total. The molecular formula is C22H32N4O3S2. The summed E-state index contributed by atoms with van der Waals surface area (Å²) in [5.74, 6) is 0.417. The molecule has 3 atom stereocenters. The predicted octanol–water partition coefficient (Wildman–Crippen LogP) is 2.29. The van der Waals surface area contributed by atoms with Crippen molar-refractivity contribution in [2.75, 3.05) is 36.5 Å². The Kier molecular flexibility index (Phi) is 7.23. The van der Waals surface area contributed by atoms with Crippen LogP contribution in [0.5, 0.6) is 0 Å². The van der Waals surface area contributed by atoms with Gasteiger partial charge in [-0.15, -0.1) is 0 Å². The number of piperidine rings is 1. The van der Waals surface area contributed by atoms with Gasteiger partial charge in [-0.3, -0.25) is 9.79 Å². The number of fused-ring (bicyclic) bond motifs is 1. The minimum atomic E-state index is -2.93. The summed E-state index contributed by atoms with van der Waals surface area (Å²) in [6, 6.07) is 8.31. The Hall–Kier alpha value is -1.58. The van der Waals surface area contributed by atoms with Crippen LogP contribution in [0.3, 0.4) is 0 Å². The van der Waals surface area contributed by atoms with Gasteiger partial charge in [0.25, 0.3) is 0 Å². The summed E-state index contributed by atoms with van der Waals surface area (Å²) in [4.78, 5) is 19.3. The number of likely N-dealkylation sites (tertiary alicyclic amines) is 1. The van der Waals surface area contributed by atoms with Gasteiger partial charge in [0.15, 0.2) is 15.0 Å². The second kappa shape index (κ2) is 9.92. The molecule has 1 amide bonds. The van der Waals surface area contributed by atoms with E-state index in [1.54, 1.807) is 0 Å². The number of nitrogens with one attached hydrogen (secondary N) is 2. The molecule has 1 aromatic carbocycles. The van der Waals surface area contributed by atoms with Gasteiger partial charge in [0.1, 0.15) is 0 Å². The molecule has 31 heavy (non-hydrogen) atoms. The van der Waals surface area contributed by atoms with Crippen molar-refractivity contribution < 1.29 is 13.2 Å². The number of aliphatic imine (C=N–C) groups is 1. The Balaban J connectivity index is 1.17. The van der Waals surface area contributed by atoms with Crippen LogP contribution in [0.25, 0.3) is 0 Å². The molecule has 170 valence electrons. The number of anilines is 1. The highest BCUT2D eigenvalue weighted by Crippen LogP contribution is 2.34. The lowest BCUT2D eigenvalue weighted by molar-refractivity contribution is -0.120. The van der Waals surface area contributed by atoms with E-state index in [1.807, 2.05) is 24.3 Å². The molecule has 9 heteroatoms. The van der Waals surface area contributed by atoms with Gasteiger partial charge in [0, 0.05) is 30.1 Å². The van der Waals surface area contributed by atoms with Crippen molar-refractivity contribution in [1.82, 2.24) is 10.2 Å². The van der Waals surface area contributed by atoms with Gasteiger partial charge < -0.3 is 15.5 Å². The first-order valence-corrected chi connectivity index (χ1v) is 13.9. The summed E-state index contributed by atoms with van der Waals surface area (Å²) < 4.78 is 23.3. The zero-order chi connectivity index (χ0) is 21.8. The highest BCUT2D eigenvalue weighted by Gasteiger charge is 2.42. The van der Waals surface area contributed by atoms with Crippen LogP contribution in [0.1, 0.15) is 38.2 Å². The van der Waals surface area contributed by atoms with Crippen molar-refractivity contribution in [1.29, 1.82) is 0 Å². The maximum Gasteiger partial charge on any atom is 0.224 e. The maximum absolute atomic E-state index is 12.2. The lowest BCUT2D eigenvalue weighted by atomic mass is 10.0. The number of benzene rings is 1. The van der Waals surface area contributed by atoms with Gasteiger partial charge in [-0.25, -0.2) is 8.42 Å². The largest absolute Gasteiger partial charge is 0.356 e. The predicted molar refractivity (Wildman–Crippen MR) is 128 cm³/mol. The van der Waals surface area contributed by atoms with Crippen molar-refractivity contribution >= 4 is 38.4 Å². The molecule has 2 fully saturated rings. The first-order valence-electron chi connectivity index (χ1n) is 11.2. The van der Waals surface area contributed by atoms with Gasteiger partial charge in [0.05, 0.1) is 24.0 Å². The highest BCUT2D eigenvalue weighted by molar-refractivity contribution is 8.15. The molecule has 3 aliphatic heterocycles. The average Bonchev–Trinajstić information content (AvgIpc) is 3.20. The third kappa shape index (κ3) is 6.23. The second-order valence-corrected chi connectivity index (χ2v) is 12.2. The third-order valence-electron chi connectivity index (χ3n) is 6.27. The van der Waals surface area contributed by atoms with E-state index in [-0.39, 0.29) is 28.7 Å². The van der Waals surface area contributed by atoms with Crippen molar-refractivity contribution in [3.63, 3.8) is 0 Å². The minimum absolute atomic E-state index is 0.0357. The molecule has 1 aromatic rings. The first-order chi connectivity index (χ1) is 14.9. The maximum atomic E-state index is 12.2. The van der Waals surface area contributed by atoms with E-state index >= 15 is 0 Å². The molecule has 0 saturated carbocycles. The normalized spacial score (nSPS) is 27.5. The standard InChI is InChI=1S/C22H32N4O3S2/c1-16-5-2-3-11-26(16)12-4-10-23-21(27)13-17-6-8-18(9-7-17)24-22-25-19-14-31(28,29)15-20(19)30-22/h6-9,16,19-20H,2-5,10-15H2,1H3,(H,23,27)(H,24,25). The van der Waals surface area contributed by atoms with E-state index in [0.717, 1.165) is 35.9 Å². The summed E-state index contributed by atoms with van der Waals surface area (Å²) in [6.07, 6.45) is 5.27. The lowest BCUT2D eigenvalue weighted by Crippen LogP contribution is -2.39. The number of amidine groups is 1. The zero-order valence-corrected chi connectivity index (χ0v) is 19.7.